The van der Waals surface area contributed by atoms with E-state index in [2.05, 4.69) is 24.2 Å². The molecule has 1 fully saturated rings. The van der Waals surface area contributed by atoms with Crippen molar-refractivity contribution in [3.8, 4) is 0 Å². The Bertz CT molecular complexity index is 208. The molecule has 94 valence electrons. The van der Waals surface area contributed by atoms with Crippen LogP contribution in [0, 0.1) is 5.92 Å². The minimum absolute atomic E-state index is 0.173. The van der Waals surface area contributed by atoms with Crippen LogP contribution in [0.2, 0.25) is 0 Å². The molecule has 0 radical (unpaired) electrons. The van der Waals surface area contributed by atoms with E-state index < -0.39 is 0 Å². The topological polar surface area (TPSA) is 58.4 Å². The highest BCUT2D eigenvalue weighted by Gasteiger charge is 2.19. The van der Waals surface area contributed by atoms with E-state index in [1.807, 2.05) is 0 Å². The fourth-order valence-corrected chi connectivity index (χ4v) is 2.10. The van der Waals surface area contributed by atoms with Gasteiger partial charge in [0.05, 0.1) is 0 Å². The van der Waals surface area contributed by atoms with Crippen molar-refractivity contribution in [2.75, 3.05) is 26.7 Å². The molecule has 1 aliphatic rings. The second-order valence-electron chi connectivity index (χ2n) is 4.86. The van der Waals surface area contributed by atoms with Gasteiger partial charge in [-0.05, 0) is 45.4 Å². The number of nitrogens with two attached hydrogens (primary N) is 1. The Hall–Kier alpha value is -0.610. The SMILES string of the molecule is CCC(CN)CC(=O)NC1CCN(C)CC1. The Balaban J connectivity index is 2.23. The maximum atomic E-state index is 11.7. The predicted molar refractivity (Wildman–Crippen MR) is 66.1 cm³/mol. The number of rotatable bonds is 5. The quantitative estimate of drug-likeness (QED) is 0.722. The number of likely N-dealkylation sites (tertiary alicyclic amines) is 1. The van der Waals surface area contributed by atoms with Crippen LogP contribution in [-0.4, -0.2) is 43.5 Å². The van der Waals surface area contributed by atoms with Gasteiger partial charge in [-0.15, -0.1) is 0 Å². The maximum absolute atomic E-state index is 11.7. The van der Waals surface area contributed by atoms with Gasteiger partial charge in [-0.3, -0.25) is 4.79 Å². The summed E-state index contributed by atoms with van der Waals surface area (Å²) in [5.41, 5.74) is 5.60. The van der Waals surface area contributed by atoms with Crippen molar-refractivity contribution < 1.29 is 4.79 Å². The maximum Gasteiger partial charge on any atom is 0.220 e. The van der Waals surface area contributed by atoms with Gasteiger partial charge in [0.25, 0.3) is 0 Å². The van der Waals surface area contributed by atoms with Gasteiger partial charge < -0.3 is 16.0 Å². The van der Waals surface area contributed by atoms with Gasteiger partial charge in [0, 0.05) is 12.5 Å². The van der Waals surface area contributed by atoms with Gasteiger partial charge in [-0.1, -0.05) is 13.3 Å². The molecule has 1 heterocycles. The van der Waals surface area contributed by atoms with E-state index in [-0.39, 0.29) is 5.91 Å². The van der Waals surface area contributed by atoms with Crippen molar-refractivity contribution in [1.82, 2.24) is 10.2 Å². The van der Waals surface area contributed by atoms with Gasteiger partial charge in [-0.25, -0.2) is 0 Å². The third-order valence-corrected chi connectivity index (χ3v) is 3.47. The van der Waals surface area contributed by atoms with E-state index >= 15 is 0 Å². The van der Waals surface area contributed by atoms with Crippen LogP contribution in [0.25, 0.3) is 0 Å². The van der Waals surface area contributed by atoms with Gasteiger partial charge in [-0.2, -0.15) is 0 Å². The molecule has 1 saturated heterocycles. The Kier molecular flexibility index (Phi) is 5.77. The van der Waals surface area contributed by atoms with Crippen LogP contribution in [0.1, 0.15) is 32.6 Å². The lowest BCUT2D eigenvalue weighted by Gasteiger charge is -2.29. The molecule has 0 bridgehead atoms. The first-order chi connectivity index (χ1) is 7.65. The molecule has 0 spiro atoms. The molecule has 1 aliphatic heterocycles. The molecule has 3 N–H and O–H groups in total. The van der Waals surface area contributed by atoms with Crippen molar-refractivity contribution >= 4 is 5.91 Å². The standard InChI is InChI=1S/C12H25N3O/c1-3-10(9-13)8-12(16)14-11-4-6-15(2)7-5-11/h10-11H,3-9,13H2,1-2H3,(H,14,16). The molecule has 0 saturated carbocycles. The molecular weight excluding hydrogens is 202 g/mol. The molecule has 4 nitrogen and oxygen atoms in total. The highest BCUT2D eigenvalue weighted by atomic mass is 16.1. The first-order valence-corrected chi connectivity index (χ1v) is 6.33. The lowest BCUT2D eigenvalue weighted by molar-refractivity contribution is -0.123. The van der Waals surface area contributed by atoms with E-state index in [9.17, 15) is 4.79 Å². The molecule has 0 aromatic carbocycles. The molecule has 1 unspecified atom stereocenters. The number of nitrogens with one attached hydrogen (secondary N) is 1. The Morgan fingerprint density at radius 3 is 2.62 bits per heavy atom. The average molecular weight is 227 g/mol. The number of carbonyl (C=O) groups is 1. The van der Waals surface area contributed by atoms with E-state index in [1.54, 1.807) is 0 Å². The molecule has 0 aromatic rings. The minimum Gasteiger partial charge on any atom is -0.353 e. The van der Waals surface area contributed by atoms with E-state index in [4.69, 9.17) is 5.73 Å². The van der Waals surface area contributed by atoms with Crippen LogP contribution >= 0.6 is 0 Å². The number of piperidine rings is 1. The zero-order valence-corrected chi connectivity index (χ0v) is 10.5. The highest BCUT2D eigenvalue weighted by Crippen LogP contribution is 2.10. The van der Waals surface area contributed by atoms with Gasteiger partial charge >= 0.3 is 0 Å². The third-order valence-electron chi connectivity index (χ3n) is 3.47. The van der Waals surface area contributed by atoms with E-state index in [1.165, 1.54) is 0 Å². The monoisotopic (exact) mass is 227 g/mol. The lowest BCUT2D eigenvalue weighted by atomic mass is 10.0. The summed E-state index contributed by atoms with van der Waals surface area (Å²) in [5, 5.41) is 3.12. The number of amides is 1. The zero-order chi connectivity index (χ0) is 12.0. The van der Waals surface area contributed by atoms with Crippen molar-refractivity contribution in [1.29, 1.82) is 0 Å². The predicted octanol–water partition coefficient (Wildman–Crippen LogP) is 0.572. The molecule has 4 heteroatoms. The normalized spacial score (nSPS) is 20.7. The number of hydrogen-bond acceptors (Lipinski definition) is 3. The molecule has 0 aliphatic carbocycles. The number of nitrogens with zero attached hydrogens (tertiary/aromatic N) is 1. The smallest absolute Gasteiger partial charge is 0.220 e. The largest absolute Gasteiger partial charge is 0.353 e. The zero-order valence-electron chi connectivity index (χ0n) is 10.5. The molecule has 0 aromatic heterocycles. The Morgan fingerprint density at radius 2 is 2.12 bits per heavy atom. The molecule has 1 rings (SSSR count). The average Bonchev–Trinajstić information content (AvgIpc) is 2.29. The summed E-state index contributed by atoms with van der Waals surface area (Å²) in [6.45, 7) is 4.86. The highest BCUT2D eigenvalue weighted by molar-refractivity contribution is 5.76. The van der Waals surface area contributed by atoms with Crippen LogP contribution in [0.4, 0.5) is 0 Å². The van der Waals surface area contributed by atoms with Gasteiger partial charge in [0.1, 0.15) is 0 Å². The molecule has 1 amide bonds. The summed E-state index contributed by atoms with van der Waals surface area (Å²) in [4.78, 5) is 14.0. The first kappa shape index (κ1) is 13.5. The molecule has 16 heavy (non-hydrogen) atoms. The number of hydrogen-bond donors (Lipinski definition) is 2. The summed E-state index contributed by atoms with van der Waals surface area (Å²) in [7, 11) is 2.12. The lowest BCUT2D eigenvalue weighted by Crippen LogP contribution is -2.44. The second kappa shape index (κ2) is 6.86. The van der Waals surface area contributed by atoms with Crippen molar-refractivity contribution in [3.63, 3.8) is 0 Å². The summed E-state index contributed by atoms with van der Waals surface area (Å²) >= 11 is 0. The Labute approximate surface area is 98.6 Å². The Morgan fingerprint density at radius 1 is 1.50 bits per heavy atom. The van der Waals surface area contributed by atoms with Crippen LogP contribution in [-0.2, 0) is 4.79 Å². The fraction of sp³-hybridized carbons (Fsp3) is 0.917. The van der Waals surface area contributed by atoms with Crippen LogP contribution in [0.15, 0.2) is 0 Å². The summed E-state index contributed by atoms with van der Waals surface area (Å²) in [6, 6.07) is 0.374. The second-order valence-corrected chi connectivity index (χ2v) is 4.86. The first-order valence-electron chi connectivity index (χ1n) is 6.33. The molecule has 1 atom stereocenters. The summed E-state index contributed by atoms with van der Waals surface area (Å²) in [5.74, 6) is 0.512. The van der Waals surface area contributed by atoms with Crippen LogP contribution in [0.5, 0.6) is 0 Å². The van der Waals surface area contributed by atoms with Gasteiger partial charge in [0.2, 0.25) is 5.91 Å². The van der Waals surface area contributed by atoms with Crippen LogP contribution in [0.3, 0.4) is 0 Å². The number of carbonyl (C=O) groups excluding carboxylic acids is 1. The van der Waals surface area contributed by atoms with Crippen molar-refractivity contribution in [2.45, 2.75) is 38.6 Å². The van der Waals surface area contributed by atoms with Crippen molar-refractivity contribution in [3.05, 3.63) is 0 Å². The molecular formula is C12H25N3O. The van der Waals surface area contributed by atoms with Gasteiger partial charge in [0.15, 0.2) is 0 Å². The van der Waals surface area contributed by atoms with E-state index in [0.29, 0.717) is 24.9 Å². The minimum atomic E-state index is 0.173. The third kappa shape index (κ3) is 4.49. The fourth-order valence-electron chi connectivity index (χ4n) is 2.10. The summed E-state index contributed by atoms with van der Waals surface area (Å²) in [6.07, 6.45) is 3.71. The van der Waals surface area contributed by atoms with Crippen LogP contribution < -0.4 is 11.1 Å². The summed E-state index contributed by atoms with van der Waals surface area (Å²) < 4.78 is 0. The van der Waals surface area contributed by atoms with Crippen molar-refractivity contribution in [2.24, 2.45) is 11.7 Å². The van der Waals surface area contributed by atoms with E-state index in [0.717, 1.165) is 32.4 Å².